The van der Waals surface area contributed by atoms with E-state index >= 15 is 0 Å². The van der Waals surface area contributed by atoms with Gasteiger partial charge in [-0.2, -0.15) is 0 Å². The summed E-state index contributed by atoms with van der Waals surface area (Å²) in [7, 11) is 0. The summed E-state index contributed by atoms with van der Waals surface area (Å²) in [6.07, 6.45) is 2.89. The fourth-order valence-corrected chi connectivity index (χ4v) is 1.75. The first kappa shape index (κ1) is 11.7. The monoisotopic (exact) mass is 231 g/mol. The maximum absolute atomic E-state index is 13.6. The molecule has 1 aromatic carbocycles. The number of aromatic nitrogens is 1. The lowest BCUT2D eigenvalue weighted by Gasteiger charge is -2.12. The molecule has 0 bridgehead atoms. The Bertz CT molecular complexity index is 499. The number of aliphatic hydroxyl groups is 1. The minimum Gasteiger partial charge on any atom is -0.388 e. The minimum absolute atomic E-state index is 0.340. The van der Waals surface area contributed by atoms with E-state index in [2.05, 4.69) is 4.98 Å². The van der Waals surface area contributed by atoms with Crippen LogP contribution in [0.1, 0.15) is 22.8 Å². The molecule has 0 saturated carbocycles. The number of aliphatic hydroxyl groups excluding tert-OH is 1. The third-order valence-corrected chi connectivity index (χ3v) is 2.69. The van der Waals surface area contributed by atoms with Crippen LogP contribution in [0.4, 0.5) is 4.39 Å². The molecule has 1 unspecified atom stereocenters. The van der Waals surface area contributed by atoms with Gasteiger partial charge in [-0.1, -0.05) is 12.1 Å². The number of benzene rings is 1. The van der Waals surface area contributed by atoms with E-state index in [0.717, 1.165) is 11.1 Å². The average molecular weight is 231 g/mol. The molecule has 1 N–H and O–H groups in total. The molecule has 1 heterocycles. The summed E-state index contributed by atoms with van der Waals surface area (Å²) in [4.78, 5) is 3.90. The highest BCUT2D eigenvalue weighted by Gasteiger charge is 2.13. The summed E-state index contributed by atoms with van der Waals surface area (Å²) in [5, 5.41) is 9.99. The van der Waals surface area contributed by atoms with E-state index in [4.69, 9.17) is 0 Å². The van der Waals surface area contributed by atoms with E-state index < -0.39 is 6.10 Å². The van der Waals surface area contributed by atoms with Gasteiger partial charge < -0.3 is 5.11 Å². The lowest BCUT2D eigenvalue weighted by molar-refractivity contribution is 0.173. The number of rotatable bonds is 3. The van der Waals surface area contributed by atoms with E-state index in [1.807, 2.05) is 19.1 Å². The molecule has 0 aliphatic carbocycles. The zero-order valence-corrected chi connectivity index (χ0v) is 9.60. The van der Waals surface area contributed by atoms with Gasteiger partial charge in [0.2, 0.25) is 0 Å². The van der Waals surface area contributed by atoms with Crippen LogP contribution in [0.2, 0.25) is 0 Å². The van der Waals surface area contributed by atoms with Crippen molar-refractivity contribution in [2.45, 2.75) is 19.4 Å². The van der Waals surface area contributed by atoms with E-state index in [1.165, 1.54) is 6.07 Å². The van der Waals surface area contributed by atoms with Crippen molar-refractivity contribution in [1.82, 2.24) is 4.98 Å². The number of hydrogen-bond donors (Lipinski definition) is 1. The molecule has 0 aliphatic rings. The molecule has 0 amide bonds. The Morgan fingerprint density at radius 3 is 2.59 bits per heavy atom. The first-order chi connectivity index (χ1) is 8.16. The van der Waals surface area contributed by atoms with Gasteiger partial charge >= 0.3 is 0 Å². The number of nitrogens with zero attached hydrogens (tertiary/aromatic N) is 1. The Morgan fingerprint density at radius 1 is 1.24 bits per heavy atom. The number of halogens is 1. The first-order valence-corrected chi connectivity index (χ1v) is 5.50. The molecular formula is C14H14FNO. The van der Waals surface area contributed by atoms with E-state index in [1.54, 1.807) is 24.5 Å². The number of pyridine rings is 1. The van der Waals surface area contributed by atoms with E-state index in [0.29, 0.717) is 12.0 Å². The molecule has 2 rings (SSSR count). The van der Waals surface area contributed by atoms with Crippen LogP contribution in [0.5, 0.6) is 0 Å². The molecular weight excluding hydrogens is 217 g/mol. The number of aryl methyl sites for hydroxylation is 1. The Kier molecular flexibility index (Phi) is 3.49. The summed E-state index contributed by atoms with van der Waals surface area (Å²) in [5.41, 5.74) is 2.13. The molecule has 0 saturated heterocycles. The Labute approximate surface area is 99.8 Å². The summed E-state index contributed by atoms with van der Waals surface area (Å²) in [6.45, 7) is 1.82. The Balaban J connectivity index is 2.17. The molecule has 1 atom stereocenters. The highest BCUT2D eigenvalue weighted by atomic mass is 19.1. The molecule has 2 aromatic rings. The van der Waals surface area contributed by atoms with Gasteiger partial charge in [0.25, 0.3) is 0 Å². The van der Waals surface area contributed by atoms with Gasteiger partial charge in [-0.05, 0) is 36.2 Å². The van der Waals surface area contributed by atoms with Crippen LogP contribution in [-0.4, -0.2) is 10.1 Å². The topological polar surface area (TPSA) is 33.1 Å². The molecule has 0 spiro atoms. The van der Waals surface area contributed by atoms with Crippen LogP contribution in [0.25, 0.3) is 0 Å². The van der Waals surface area contributed by atoms with Crippen LogP contribution in [0.3, 0.4) is 0 Å². The van der Waals surface area contributed by atoms with Crippen LogP contribution in [0.15, 0.2) is 42.7 Å². The summed E-state index contributed by atoms with van der Waals surface area (Å²) < 4.78 is 13.6. The predicted octanol–water partition coefficient (Wildman–Crippen LogP) is 2.81. The third-order valence-electron chi connectivity index (χ3n) is 2.69. The molecule has 3 heteroatoms. The van der Waals surface area contributed by atoms with Gasteiger partial charge in [-0.15, -0.1) is 0 Å². The van der Waals surface area contributed by atoms with Crippen molar-refractivity contribution >= 4 is 0 Å². The lowest BCUT2D eigenvalue weighted by atomic mass is 10.0. The Morgan fingerprint density at radius 2 is 1.94 bits per heavy atom. The van der Waals surface area contributed by atoms with Gasteiger partial charge in [0.05, 0.1) is 6.10 Å². The van der Waals surface area contributed by atoms with Crippen LogP contribution < -0.4 is 0 Å². The highest BCUT2D eigenvalue weighted by molar-refractivity contribution is 5.26. The van der Waals surface area contributed by atoms with Crippen LogP contribution >= 0.6 is 0 Å². The third kappa shape index (κ3) is 2.88. The highest BCUT2D eigenvalue weighted by Crippen LogP contribution is 2.21. The van der Waals surface area contributed by atoms with Gasteiger partial charge in [0.1, 0.15) is 5.82 Å². The van der Waals surface area contributed by atoms with Gasteiger partial charge in [0.15, 0.2) is 0 Å². The molecule has 0 radical (unpaired) electrons. The van der Waals surface area contributed by atoms with Crippen molar-refractivity contribution in [2.75, 3.05) is 0 Å². The standard InChI is InChI=1S/C14H14FNO/c1-10-2-3-12(13(15)8-10)14(17)9-11-4-6-16-7-5-11/h2-8,14,17H,9H2,1H3. The SMILES string of the molecule is Cc1ccc(C(O)Cc2ccncc2)c(F)c1. The summed E-state index contributed by atoms with van der Waals surface area (Å²) in [6, 6.07) is 8.50. The maximum Gasteiger partial charge on any atom is 0.129 e. The minimum atomic E-state index is -0.821. The average Bonchev–Trinajstić information content (AvgIpc) is 2.30. The van der Waals surface area contributed by atoms with Crippen LogP contribution in [0, 0.1) is 12.7 Å². The summed E-state index contributed by atoms with van der Waals surface area (Å²) >= 11 is 0. The first-order valence-electron chi connectivity index (χ1n) is 5.50. The fraction of sp³-hybridized carbons (Fsp3) is 0.214. The van der Waals surface area contributed by atoms with E-state index in [-0.39, 0.29) is 5.82 Å². The van der Waals surface area contributed by atoms with Crippen molar-refractivity contribution in [2.24, 2.45) is 0 Å². The smallest absolute Gasteiger partial charge is 0.129 e. The second-order valence-corrected chi connectivity index (χ2v) is 4.10. The van der Waals surface area contributed by atoms with Gasteiger partial charge in [-0.25, -0.2) is 4.39 Å². The van der Waals surface area contributed by atoms with Crippen molar-refractivity contribution in [3.05, 3.63) is 65.2 Å². The molecule has 2 nitrogen and oxygen atoms in total. The number of hydrogen-bond acceptors (Lipinski definition) is 2. The largest absolute Gasteiger partial charge is 0.388 e. The zero-order chi connectivity index (χ0) is 12.3. The molecule has 1 aromatic heterocycles. The molecule has 88 valence electrons. The second kappa shape index (κ2) is 5.06. The fourth-order valence-electron chi connectivity index (χ4n) is 1.75. The molecule has 17 heavy (non-hydrogen) atoms. The van der Waals surface area contributed by atoms with E-state index in [9.17, 15) is 9.50 Å². The van der Waals surface area contributed by atoms with Crippen molar-refractivity contribution in [3.63, 3.8) is 0 Å². The predicted molar refractivity (Wildman–Crippen MR) is 64.0 cm³/mol. The van der Waals surface area contributed by atoms with Crippen molar-refractivity contribution in [1.29, 1.82) is 0 Å². The maximum atomic E-state index is 13.6. The van der Waals surface area contributed by atoms with Crippen molar-refractivity contribution < 1.29 is 9.50 Å². The normalized spacial score (nSPS) is 12.4. The Hall–Kier alpha value is -1.74. The van der Waals surface area contributed by atoms with Crippen molar-refractivity contribution in [3.8, 4) is 0 Å². The quantitative estimate of drug-likeness (QED) is 0.881. The molecule has 0 fully saturated rings. The second-order valence-electron chi connectivity index (χ2n) is 4.10. The van der Waals surface area contributed by atoms with Gasteiger partial charge in [-0.3, -0.25) is 4.98 Å². The molecule has 0 aliphatic heterocycles. The zero-order valence-electron chi connectivity index (χ0n) is 9.60. The summed E-state index contributed by atoms with van der Waals surface area (Å²) in [5.74, 6) is -0.355. The van der Waals surface area contributed by atoms with Gasteiger partial charge in [0, 0.05) is 24.4 Å². The lowest BCUT2D eigenvalue weighted by Crippen LogP contribution is -2.04. The van der Waals surface area contributed by atoms with Crippen LogP contribution in [-0.2, 0) is 6.42 Å².